The van der Waals surface area contributed by atoms with E-state index in [-0.39, 0.29) is 19.4 Å². The molecular weight excluding hydrogens is 257 g/mol. The van der Waals surface area contributed by atoms with E-state index in [1.165, 1.54) is 0 Å². The zero-order valence-electron chi connectivity index (χ0n) is 8.71. The van der Waals surface area contributed by atoms with Gasteiger partial charge in [-0.2, -0.15) is 30.7 Å². The second kappa shape index (κ2) is 5.38. The summed E-state index contributed by atoms with van der Waals surface area (Å²) < 4.78 is 86.1. The van der Waals surface area contributed by atoms with Crippen molar-refractivity contribution in [2.24, 2.45) is 11.5 Å². The molecule has 0 rings (SSSR count). The van der Waals surface area contributed by atoms with Crippen LogP contribution in [-0.2, 0) is 0 Å². The minimum Gasteiger partial charge on any atom is -0.330 e. The highest BCUT2D eigenvalue weighted by atomic mass is 19.4. The van der Waals surface area contributed by atoms with Gasteiger partial charge >= 0.3 is 18.0 Å². The van der Waals surface area contributed by atoms with Crippen LogP contribution in [0.5, 0.6) is 0 Å². The van der Waals surface area contributed by atoms with E-state index in [4.69, 9.17) is 11.5 Å². The van der Waals surface area contributed by atoms with Crippen molar-refractivity contribution in [3.8, 4) is 0 Å². The largest absolute Gasteiger partial charge is 0.459 e. The van der Waals surface area contributed by atoms with Gasteiger partial charge < -0.3 is 11.5 Å². The lowest BCUT2D eigenvalue weighted by Gasteiger charge is -2.32. The number of rotatable bonds is 6. The molecular formula is C8H13F7N2. The highest BCUT2D eigenvalue weighted by Gasteiger charge is 2.74. The van der Waals surface area contributed by atoms with Crippen LogP contribution in [0.3, 0.4) is 0 Å². The average molecular weight is 270 g/mol. The lowest BCUT2D eigenvalue weighted by Crippen LogP contribution is -2.60. The quantitative estimate of drug-likeness (QED) is 0.574. The van der Waals surface area contributed by atoms with Crippen molar-refractivity contribution >= 4 is 0 Å². The minimum absolute atomic E-state index is 0.0405. The van der Waals surface area contributed by atoms with Crippen molar-refractivity contribution in [1.29, 1.82) is 0 Å². The monoisotopic (exact) mass is 270 g/mol. The maximum atomic E-state index is 12.9. The molecule has 0 aromatic rings. The van der Waals surface area contributed by atoms with Gasteiger partial charge in [0.1, 0.15) is 0 Å². The lowest BCUT2D eigenvalue weighted by atomic mass is 9.98. The first-order chi connectivity index (χ1) is 7.48. The average Bonchev–Trinajstić information content (AvgIpc) is 2.15. The van der Waals surface area contributed by atoms with Crippen LogP contribution in [-0.4, -0.2) is 30.6 Å². The van der Waals surface area contributed by atoms with Gasteiger partial charge in [-0.3, -0.25) is 0 Å². The molecule has 9 heteroatoms. The van der Waals surface area contributed by atoms with Crippen molar-refractivity contribution in [1.82, 2.24) is 0 Å². The third-order valence-corrected chi connectivity index (χ3v) is 2.21. The predicted octanol–water partition coefficient (Wildman–Crippen LogP) is 2.28. The molecule has 0 aromatic carbocycles. The third kappa shape index (κ3) is 3.44. The van der Waals surface area contributed by atoms with Gasteiger partial charge in [0.2, 0.25) is 0 Å². The van der Waals surface area contributed by atoms with Crippen LogP contribution in [0.15, 0.2) is 0 Å². The lowest BCUT2D eigenvalue weighted by molar-refractivity contribution is -0.358. The van der Waals surface area contributed by atoms with Gasteiger partial charge in [-0.15, -0.1) is 0 Å². The SMILES string of the molecule is NCCCC[C@@H](N)C(F)(F)C(F)(F)C(F)(F)F. The van der Waals surface area contributed by atoms with Crippen molar-refractivity contribution in [3.63, 3.8) is 0 Å². The molecule has 1 atom stereocenters. The van der Waals surface area contributed by atoms with Crippen LogP contribution < -0.4 is 11.5 Å². The minimum atomic E-state index is -6.33. The first-order valence-electron chi connectivity index (χ1n) is 4.76. The number of alkyl halides is 7. The highest BCUT2D eigenvalue weighted by Crippen LogP contribution is 2.48. The van der Waals surface area contributed by atoms with Gasteiger partial charge in [0.15, 0.2) is 0 Å². The Morgan fingerprint density at radius 2 is 1.35 bits per heavy atom. The summed E-state index contributed by atoms with van der Waals surface area (Å²) in [7, 11) is 0. The van der Waals surface area contributed by atoms with Gasteiger partial charge in [-0.05, 0) is 19.4 Å². The molecule has 0 aromatic heterocycles. The van der Waals surface area contributed by atoms with E-state index in [1.54, 1.807) is 0 Å². The van der Waals surface area contributed by atoms with Crippen LogP contribution in [0.2, 0.25) is 0 Å². The standard InChI is InChI=1S/C8H13F7N2/c9-6(10,5(17)3-1-2-4-16)7(11,12)8(13,14)15/h5H,1-4,16-17H2/t5-/m1/s1. The number of hydrogen-bond acceptors (Lipinski definition) is 2. The van der Waals surface area contributed by atoms with Crippen LogP contribution in [0.1, 0.15) is 19.3 Å². The van der Waals surface area contributed by atoms with Crippen LogP contribution >= 0.6 is 0 Å². The molecule has 2 nitrogen and oxygen atoms in total. The maximum Gasteiger partial charge on any atom is 0.459 e. The Hall–Kier alpha value is -0.570. The van der Waals surface area contributed by atoms with E-state index in [2.05, 4.69) is 0 Å². The maximum absolute atomic E-state index is 12.9. The Balaban J connectivity index is 4.75. The Morgan fingerprint density at radius 1 is 0.882 bits per heavy atom. The molecule has 0 radical (unpaired) electrons. The molecule has 0 spiro atoms. The van der Waals surface area contributed by atoms with Crippen molar-refractivity contribution in [2.75, 3.05) is 6.54 Å². The fourth-order valence-electron chi connectivity index (χ4n) is 1.11. The molecule has 0 saturated heterocycles. The molecule has 0 unspecified atom stereocenters. The van der Waals surface area contributed by atoms with Crippen molar-refractivity contribution in [3.05, 3.63) is 0 Å². The second-order valence-electron chi connectivity index (χ2n) is 3.59. The zero-order valence-corrected chi connectivity index (χ0v) is 8.71. The molecule has 104 valence electrons. The highest BCUT2D eigenvalue weighted by molar-refractivity contribution is 4.97. The fourth-order valence-corrected chi connectivity index (χ4v) is 1.11. The van der Waals surface area contributed by atoms with E-state index in [0.29, 0.717) is 0 Å². The van der Waals surface area contributed by atoms with Gasteiger partial charge in [0.25, 0.3) is 0 Å². The summed E-state index contributed by atoms with van der Waals surface area (Å²) in [4.78, 5) is 0. The number of nitrogens with two attached hydrogens (primary N) is 2. The molecule has 0 amide bonds. The Labute approximate surface area is 93.1 Å². The van der Waals surface area contributed by atoms with Crippen LogP contribution in [0.25, 0.3) is 0 Å². The zero-order chi connectivity index (χ0) is 13.9. The van der Waals surface area contributed by atoms with E-state index in [1.807, 2.05) is 0 Å². The molecule has 0 aliphatic heterocycles. The van der Waals surface area contributed by atoms with Gasteiger partial charge in [-0.1, -0.05) is 6.42 Å². The molecule has 0 aliphatic carbocycles. The molecule has 0 bridgehead atoms. The van der Waals surface area contributed by atoms with E-state index in [9.17, 15) is 30.7 Å². The van der Waals surface area contributed by atoms with E-state index in [0.717, 1.165) is 0 Å². The molecule has 0 heterocycles. The topological polar surface area (TPSA) is 52.0 Å². The summed E-state index contributed by atoms with van der Waals surface area (Å²) in [6.45, 7) is 0.119. The first kappa shape index (κ1) is 16.4. The number of hydrogen-bond donors (Lipinski definition) is 2. The van der Waals surface area contributed by atoms with Gasteiger partial charge in [-0.25, -0.2) is 0 Å². The first-order valence-corrected chi connectivity index (χ1v) is 4.76. The van der Waals surface area contributed by atoms with Crippen LogP contribution in [0.4, 0.5) is 30.7 Å². The van der Waals surface area contributed by atoms with Crippen molar-refractivity contribution < 1.29 is 30.7 Å². The molecule has 17 heavy (non-hydrogen) atoms. The van der Waals surface area contributed by atoms with Crippen LogP contribution in [0, 0.1) is 0 Å². The summed E-state index contributed by atoms with van der Waals surface area (Å²) in [5.74, 6) is -11.5. The van der Waals surface area contributed by atoms with Gasteiger partial charge in [0, 0.05) is 0 Å². The molecule has 0 fully saturated rings. The van der Waals surface area contributed by atoms with Gasteiger partial charge in [0.05, 0.1) is 6.04 Å². The Bertz CT molecular complexity index is 239. The normalized spacial score (nSPS) is 16.1. The van der Waals surface area contributed by atoms with E-state index >= 15 is 0 Å². The summed E-state index contributed by atoms with van der Waals surface area (Å²) in [6, 6.07) is -2.56. The predicted molar refractivity (Wildman–Crippen MR) is 46.8 cm³/mol. The Morgan fingerprint density at radius 3 is 1.71 bits per heavy atom. The number of halogens is 7. The van der Waals surface area contributed by atoms with E-state index < -0.39 is 30.5 Å². The summed E-state index contributed by atoms with van der Waals surface area (Å²) in [5, 5.41) is 0. The Kier molecular flexibility index (Phi) is 5.20. The summed E-state index contributed by atoms with van der Waals surface area (Å²) in [5.41, 5.74) is 9.73. The summed E-state index contributed by atoms with van der Waals surface area (Å²) in [6.07, 6.45) is -6.81. The smallest absolute Gasteiger partial charge is 0.330 e. The molecule has 0 saturated carbocycles. The molecule has 4 N–H and O–H groups in total. The fraction of sp³-hybridized carbons (Fsp3) is 1.00. The third-order valence-electron chi connectivity index (χ3n) is 2.21. The van der Waals surface area contributed by atoms with Crippen molar-refractivity contribution in [2.45, 2.75) is 43.3 Å². The number of unbranched alkanes of at least 4 members (excludes halogenated alkanes) is 1. The molecule has 0 aliphatic rings. The summed E-state index contributed by atoms with van der Waals surface area (Å²) >= 11 is 0. The second-order valence-corrected chi connectivity index (χ2v) is 3.59.